The predicted octanol–water partition coefficient (Wildman–Crippen LogP) is 2.09. The van der Waals surface area contributed by atoms with E-state index in [0.717, 1.165) is 37.8 Å². The van der Waals surface area contributed by atoms with E-state index in [0.29, 0.717) is 24.8 Å². The molecule has 0 aromatic carbocycles. The van der Waals surface area contributed by atoms with E-state index >= 15 is 0 Å². The highest BCUT2D eigenvalue weighted by atomic mass is 19.1. The maximum Gasteiger partial charge on any atom is 0.225 e. The number of likely N-dealkylation sites (tertiary alicyclic amines) is 1. The van der Waals surface area contributed by atoms with Gasteiger partial charge in [0.05, 0.1) is 6.20 Å². The number of nitrogens with zero attached hydrogens (tertiary/aromatic N) is 4. The third kappa shape index (κ3) is 2.79. The topological polar surface area (TPSA) is 49.3 Å². The largest absolute Gasteiger partial charge is 0.354 e. The molecule has 3 aliphatic rings. The first-order chi connectivity index (χ1) is 11.2. The van der Waals surface area contributed by atoms with Crippen LogP contribution in [0, 0.1) is 23.6 Å². The van der Waals surface area contributed by atoms with Crippen molar-refractivity contribution in [3.63, 3.8) is 0 Å². The second-order valence-corrected chi connectivity index (χ2v) is 7.15. The first kappa shape index (κ1) is 14.8. The summed E-state index contributed by atoms with van der Waals surface area (Å²) in [5, 5.41) is 0. The Bertz CT molecular complexity index is 576. The van der Waals surface area contributed by atoms with Gasteiger partial charge in [-0.15, -0.1) is 0 Å². The van der Waals surface area contributed by atoms with Crippen LogP contribution in [0.1, 0.15) is 32.1 Å². The van der Waals surface area contributed by atoms with Crippen LogP contribution in [0.25, 0.3) is 0 Å². The summed E-state index contributed by atoms with van der Waals surface area (Å²) in [4.78, 5) is 24.5. The van der Waals surface area contributed by atoms with E-state index < -0.39 is 0 Å². The molecule has 124 valence electrons. The van der Waals surface area contributed by atoms with E-state index in [4.69, 9.17) is 0 Å². The molecule has 1 amide bonds. The van der Waals surface area contributed by atoms with Gasteiger partial charge >= 0.3 is 0 Å². The minimum atomic E-state index is -0.385. The number of aromatic nitrogens is 2. The number of anilines is 1. The van der Waals surface area contributed by atoms with Gasteiger partial charge in [-0.3, -0.25) is 4.79 Å². The number of rotatable bonds is 2. The van der Waals surface area contributed by atoms with Crippen molar-refractivity contribution in [2.45, 2.75) is 32.1 Å². The lowest BCUT2D eigenvalue weighted by Gasteiger charge is -2.34. The summed E-state index contributed by atoms with van der Waals surface area (Å²) in [5.41, 5.74) is 0. The molecule has 2 saturated heterocycles. The third-order valence-electron chi connectivity index (χ3n) is 5.83. The Morgan fingerprint density at radius 1 is 1.13 bits per heavy atom. The maximum atomic E-state index is 13.8. The molecule has 0 bridgehead atoms. The molecule has 6 heteroatoms. The predicted molar refractivity (Wildman–Crippen MR) is 84.3 cm³/mol. The second-order valence-electron chi connectivity index (χ2n) is 7.15. The zero-order valence-electron chi connectivity index (χ0n) is 13.3. The number of halogens is 1. The Kier molecular flexibility index (Phi) is 3.91. The molecule has 2 atom stereocenters. The number of hydrogen-bond donors (Lipinski definition) is 0. The van der Waals surface area contributed by atoms with Gasteiger partial charge in [0, 0.05) is 32.1 Å². The number of piperidine rings is 1. The van der Waals surface area contributed by atoms with Crippen molar-refractivity contribution in [3.8, 4) is 0 Å². The standard InChI is InChI=1S/C17H23FN4O/c18-15-8-19-11-20-16(15)21-6-4-12(5-7-21)17(23)22-9-13-2-1-3-14(13)10-22/h8,11-14H,1-7,9-10H2. The summed E-state index contributed by atoms with van der Waals surface area (Å²) < 4.78 is 13.8. The van der Waals surface area contributed by atoms with Gasteiger partial charge in [-0.05, 0) is 37.5 Å². The van der Waals surface area contributed by atoms with Crippen molar-refractivity contribution < 1.29 is 9.18 Å². The highest BCUT2D eigenvalue weighted by Crippen LogP contribution is 2.38. The van der Waals surface area contributed by atoms with Crippen molar-refractivity contribution in [3.05, 3.63) is 18.3 Å². The Labute approximate surface area is 135 Å². The van der Waals surface area contributed by atoms with Crippen LogP contribution in [0.2, 0.25) is 0 Å². The van der Waals surface area contributed by atoms with Crippen molar-refractivity contribution >= 4 is 11.7 Å². The van der Waals surface area contributed by atoms with Crippen LogP contribution in [-0.2, 0) is 4.79 Å². The molecule has 1 saturated carbocycles. The van der Waals surface area contributed by atoms with E-state index in [-0.39, 0.29) is 11.7 Å². The number of carbonyl (C=O) groups is 1. The van der Waals surface area contributed by atoms with Gasteiger partial charge in [0.15, 0.2) is 11.6 Å². The molecule has 1 aromatic rings. The van der Waals surface area contributed by atoms with Crippen LogP contribution >= 0.6 is 0 Å². The third-order valence-corrected chi connectivity index (χ3v) is 5.83. The van der Waals surface area contributed by atoms with Crippen LogP contribution in [0.5, 0.6) is 0 Å². The Morgan fingerprint density at radius 3 is 2.48 bits per heavy atom. The molecule has 0 N–H and O–H groups in total. The summed E-state index contributed by atoms with van der Waals surface area (Å²) in [6.45, 7) is 3.30. The van der Waals surface area contributed by atoms with E-state index in [2.05, 4.69) is 14.9 Å². The van der Waals surface area contributed by atoms with Gasteiger partial charge in [-0.2, -0.15) is 0 Å². The molecule has 23 heavy (non-hydrogen) atoms. The maximum absolute atomic E-state index is 13.8. The van der Waals surface area contributed by atoms with Crippen LogP contribution in [0.15, 0.2) is 12.5 Å². The minimum absolute atomic E-state index is 0.0926. The van der Waals surface area contributed by atoms with Crippen molar-refractivity contribution in [1.29, 1.82) is 0 Å². The summed E-state index contributed by atoms with van der Waals surface area (Å²) in [5.74, 6) is 1.88. The van der Waals surface area contributed by atoms with Gasteiger partial charge < -0.3 is 9.80 Å². The normalized spacial score (nSPS) is 28.2. The van der Waals surface area contributed by atoms with Gasteiger partial charge in [0.25, 0.3) is 0 Å². The van der Waals surface area contributed by atoms with E-state index in [1.807, 2.05) is 4.90 Å². The molecule has 3 fully saturated rings. The molecule has 1 aromatic heterocycles. The fraction of sp³-hybridized carbons (Fsp3) is 0.706. The molecule has 0 radical (unpaired) electrons. The molecule has 3 heterocycles. The van der Waals surface area contributed by atoms with Gasteiger partial charge in [0.2, 0.25) is 5.91 Å². The summed E-state index contributed by atoms with van der Waals surface area (Å²) in [7, 11) is 0. The first-order valence-electron chi connectivity index (χ1n) is 8.71. The van der Waals surface area contributed by atoms with Gasteiger partial charge in [0.1, 0.15) is 6.33 Å². The number of carbonyl (C=O) groups excluding carboxylic acids is 1. The van der Waals surface area contributed by atoms with E-state index in [1.54, 1.807) is 0 Å². The highest BCUT2D eigenvalue weighted by molar-refractivity contribution is 5.79. The molecule has 1 aliphatic carbocycles. The molecular weight excluding hydrogens is 295 g/mol. The Hall–Kier alpha value is -1.72. The lowest BCUT2D eigenvalue weighted by Crippen LogP contribution is -2.42. The SMILES string of the molecule is O=C(C1CCN(c2ncncc2F)CC1)N1CC2CCCC2C1. The smallest absolute Gasteiger partial charge is 0.225 e. The average molecular weight is 318 g/mol. The lowest BCUT2D eigenvalue weighted by molar-refractivity contribution is -0.135. The van der Waals surface area contributed by atoms with Crippen molar-refractivity contribution in [1.82, 2.24) is 14.9 Å². The highest BCUT2D eigenvalue weighted by Gasteiger charge is 2.40. The van der Waals surface area contributed by atoms with Crippen LogP contribution in [-0.4, -0.2) is 47.0 Å². The van der Waals surface area contributed by atoms with Crippen molar-refractivity contribution in [2.24, 2.45) is 17.8 Å². The summed E-state index contributed by atoms with van der Waals surface area (Å²) in [6.07, 6.45) is 8.06. The molecule has 5 nitrogen and oxygen atoms in total. The Balaban J connectivity index is 1.35. The van der Waals surface area contributed by atoms with Crippen LogP contribution in [0.4, 0.5) is 10.2 Å². The molecule has 0 spiro atoms. The van der Waals surface area contributed by atoms with Crippen LogP contribution < -0.4 is 4.90 Å². The monoisotopic (exact) mass is 318 g/mol. The molecule has 2 aliphatic heterocycles. The first-order valence-corrected chi connectivity index (χ1v) is 8.71. The lowest BCUT2D eigenvalue weighted by atomic mass is 9.95. The van der Waals surface area contributed by atoms with Crippen LogP contribution in [0.3, 0.4) is 0 Å². The zero-order valence-corrected chi connectivity index (χ0v) is 13.3. The van der Waals surface area contributed by atoms with Gasteiger partial charge in [-0.1, -0.05) is 6.42 Å². The quantitative estimate of drug-likeness (QED) is 0.838. The van der Waals surface area contributed by atoms with E-state index in [9.17, 15) is 9.18 Å². The van der Waals surface area contributed by atoms with Crippen molar-refractivity contribution in [2.75, 3.05) is 31.1 Å². The fourth-order valence-electron chi connectivity index (χ4n) is 4.55. The van der Waals surface area contributed by atoms with Gasteiger partial charge in [-0.25, -0.2) is 14.4 Å². The Morgan fingerprint density at radius 2 is 1.83 bits per heavy atom. The fourth-order valence-corrected chi connectivity index (χ4v) is 4.55. The average Bonchev–Trinajstić information content (AvgIpc) is 3.16. The molecular formula is C17H23FN4O. The number of amides is 1. The summed E-state index contributed by atoms with van der Waals surface area (Å²) >= 11 is 0. The van der Waals surface area contributed by atoms with E-state index in [1.165, 1.54) is 31.8 Å². The zero-order chi connectivity index (χ0) is 15.8. The number of fused-ring (bicyclic) bond motifs is 1. The molecule has 4 rings (SSSR count). The number of hydrogen-bond acceptors (Lipinski definition) is 4. The molecule has 2 unspecified atom stereocenters. The summed E-state index contributed by atoms with van der Waals surface area (Å²) in [6, 6.07) is 0. The minimum Gasteiger partial charge on any atom is -0.354 e. The second kappa shape index (κ2) is 6.06.